The van der Waals surface area contributed by atoms with E-state index < -0.39 is 21.7 Å². The van der Waals surface area contributed by atoms with Crippen molar-refractivity contribution in [3.63, 3.8) is 0 Å². The van der Waals surface area contributed by atoms with E-state index in [9.17, 15) is 23.1 Å². The standard InChI is InChI=1S/C27H36N6O5S/c1-18-5-11-21(12-6-18)39(37,38)33-14-13-22-25(33)28-16-23(29-22)30-31-24(34)15-19-7-9-20(10-8-19)17-32(26(35)36)27(2,3)4/h5-6,11-14,16,19-20H,7-10,15,17H2,1-4H3,(H,29,30)(H,31,34)(H,35,36)/t19-,20-. The van der Waals surface area contributed by atoms with Crippen LogP contribution in [-0.2, 0) is 14.8 Å². The fourth-order valence-corrected chi connectivity index (χ4v) is 6.22. The molecule has 0 aliphatic heterocycles. The maximum atomic E-state index is 13.0. The molecule has 2 aromatic heterocycles. The molecule has 0 spiro atoms. The molecule has 0 saturated heterocycles. The van der Waals surface area contributed by atoms with Crippen LogP contribution in [0.2, 0.25) is 0 Å². The average Bonchev–Trinajstić information content (AvgIpc) is 3.30. The van der Waals surface area contributed by atoms with Crippen molar-refractivity contribution in [2.45, 2.75) is 70.2 Å². The summed E-state index contributed by atoms with van der Waals surface area (Å²) in [5.74, 6) is 0.634. The number of aromatic nitrogens is 3. The Morgan fingerprint density at radius 3 is 2.33 bits per heavy atom. The molecule has 12 heteroatoms. The minimum atomic E-state index is -3.82. The van der Waals surface area contributed by atoms with Crippen molar-refractivity contribution in [2.24, 2.45) is 11.8 Å². The van der Waals surface area contributed by atoms with Crippen LogP contribution in [0, 0.1) is 18.8 Å². The second kappa shape index (κ2) is 11.2. The van der Waals surface area contributed by atoms with Crippen LogP contribution in [0.3, 0.4) is 0 Å². The smallest absolute Gasteiger partial charge is 0.407 e. The highest BCUT2D eigenvalue weighted by atomic mass is 32.2. The van der Waals surface area contributed by atoms with Crippen molar-refractivity contribution in [3.8, 4) is 0 Å². The van der Waals surface area contributed by atoms with Gasteiger partial charge in [-0.05, 0) is 83.4 Å². The van der Waals surface area contributed by atoms with Crippen LogP contribution in [0.5, 0.6) is 0 Å². The van der Waals surface area contributed by atoms with E-state index in [4.69, 9.17) is 0 Å². The third-order valence-corrected chi connectivity index (χ3v) is 8.87. The Balaban J connectivity index is 1.30. The van der Waals surface area contributed by atoms with Crippen molar-refractivity contribution in [2.75, 3.05) is 12.0 Å². The average molecular weight is 557 g/mol. The molecule has 1 aromatic carbocycles. The molecule has 1 saturated carbocycles. The summed E-state index contributed by atoms with van der Waals surface area (Å²) in [6, 6.07) is 8.14. The lowest BCUT2D eigenvalue weighted by Crippen LogP contribution is -2.47. The molecule has 2 amide bonds. The van der Waals surface area contributed by atoms with Gasteiger partial charge in [-0.2, -0.15) is 0 Å². The summed E-state index contributed by atoms with van der Waals surface area (Å²) >= 11 is 0. The molecule has 3 N–H and O–H groups in total. The SMILES string of the molecule is Cc1ccc(S(=O)(=O)n2ccc3nc(NNC(=O)C[C@H]4CC[C@H](CN(C(=O)O)C(C)(C)C)CC4)cnc32)cc1. The summed E-state index contributed by atoms with van der Waals surface area (Å²) in [4.78, 5) is 34.5. The number of carbonyl (C=O) groups is 2. The van der Waals surface area contributed by atoms with E-state index in [1.54, 1.807) is 30.3 Å². The minimum absolute atomic E-state index is 0.157. The van der Waals surface area contributed by atoms with Gasteiger partial charge in [0.1, 0.15) is 5.52 Å². The number of anilines is 1. The minimum Gasteiger partial charge on any atom is -0.465 e. The molecule has 0 bridgehead atoms. The zero-order chi connectivity index (χ0) is 28.4. The highest BCUT2D eigenvalue weighted by molar-refractivity contribution is 7.90. The zero-order valence-electron chi connectivity index (χ0n) is 22.7. The van der Waals surface area contributed by atoms with E-state index in [-0.39, 0.29) is 22.4 Å². The third-order valence-electron chi connectivity index (χ3n) is 7.19. The first-order chi connectivity index (χ1) is 18.3. The number of benzene rings is 1. The number of carbonyl (C=O) groups excluding carboxylic acids is 1. The van der Waals surface area contributed by atoms with E-state index in [0.717, 1.165) is 35.2 Å². The summed E-state index contributed by atoms with van der Waals surface area (Å²) in [5, 5.41) is 9.54. The van der Waals surface area contributed by atoms with Gasteiger partial charge in [0.2, 0.25) is 5.91 Å². The Hall–Kier alpha value is -3.67. The van der Waals surface area contributed by atoms with E-state index >= 15 is 0 Å². The molecule has 2 heterocycles. The first-order valence-corrected chi connectivity index (χ1v) is 14.5. The predicted molar refractivity (Wildman–Crippen MR) is 148 cm³/mol. The van der Waals surface area contributed by atoms with Crippen molar-refractivity contribution in [1.29, 1.82) is 0 Å². The van der Waals surface area contributed by atoms with Gasteiger partial charge in [0, 0.05) is 24.7 Å². The number of nitrogens with one attached hydrogen (secondary N) is 2. The summed E-state index contributed by atoms with van der Waals surface area (Å²) in [5.41, 5.74) is 6.50. The maximum absolute atomic E-state index is 13.0. The quantitative estimate of drug-likeness (QED) is 0.346. The molecule has 0 atom stereocenters. The van der Waals surface area contributed by atoms with Gasteiger partial charge in [0.05, 0.1) is 11.1 Å². The Morgan fingerprint density at radius 2 is 1.72 bits per heavy atom. The van der Waals surface area contributed by atoms with E-state index in [1.807, 2.05) is 27.7 Å². The maximum Gasteiger partial charge on any atom is 0.407 e. The molecule has 11 nitrogen and oxygen atoms in total. The van der Waals surface area contributed by atoms with Crippen molar-refractivity contribution >= 4 is 39.0 Å². The first-order valence-electron chi connectivity index (χ1n) is 13.1. The first kappa shape index (κ1) is 28.3. The van der Waals surface area contributed by atoms with Crippen LogP contribution < -0.4 is 10.9 Å². The molecule has 0 radical (unpaired) electrons. The second-order valence-corrected chi connectivity index (χ2v) is 13.0. The number of aryl methyl sites for hydroxylation is 1. The molecular formula is C27H36N6O5S. The highest BCUT2D eigenvalue weighted by Gasteiger charge is 2.31. The lowest BCUT2D eigenvalue weighted by atomic mass is 9.80. The summed E-state index contributed by atoms with van der Waals surface area (Å²) in [7, 11) is -3.82. The molecule has 210 valence electrons. The van der Waals surface area contributed by atoms with Gasteiger partial charge in [0.25, 0.3) is 10.0 Å². The zero-order valence-corrected chi connectivity index (χ0v) is 23.5. The summed E-state index contributed by atoms with van der Waals surface area (Å²) in [6.45, 7) is 8.09. The summed E-state index contributed by atoms with van der Waals surface area (Å²) in [6.07, 6.45) is 5.73. The van der Waals surface area contributed by atoms with Crippen molar-refractivity contribution in [1.82, 2.24) is 24.3 Å². The molecule has 39 heavy (non-hydrogen) atoms. The molecule has 3 aromatic rings. The van der Waals surface area contributed by atoms with Crippen LogP contribution >= 0.6 is 0 Å². The van der Waals surface area contributed by atoms with E-state index in [0.29, 0.717) is 30.2 Å². The van der Waals surface area contributed by atoms with Gasteiger partial charge < -0.3 is 10.0 Å². The van der Waals surface area contributed by atoms with E-state index in [2.05, 4.69) is 20.8 Å². The van der Waals surface area contributed by atoms with Gasteiger partial charge in [0.15, 0.2) is 11.5 Å². The molecule has 0 unspecified atom stereocenters. The molecule has 4 rings (SSSR count). The lowest BCUT2D eigenvalue weighted by Gasteiger charge is -2.38. The molecule has 1 aliphatic carbocycles. The fourth-order valence-electron chi connectivity index (χ4n) is 4.93. The van der Waals surface area contributed by atoms with Crippen LogP contribution in [-0.4, -0.2) is 56.4 Å². The Kier molecular flexibility index (Phi) is 8.15. The van der Waals surface area contributed by atoms with Gasteiger partial charge in [-0.1, -0.05) is 17.7 Å². The topological polar surface area (TPSA) is 147 Å². The number of fused-ring (bicyclic) bond motifs is 1. The second-order valence-electron chi connectivity index (χ2n) is 11.2. The predicted octanol–water partition coefficient (Wildman–Crippen LogP) is 4.39. The molecular weight excluding hydrogens is 520 g/mol. The molecule has 1 aliphatic rings. The number of rotatable bonds is 8. The number of carboxylic acid groups (broad SMARTS) is 1. The lowest BCUT2D eigenvalue weighted by molar-refractivity contribution is -0.121. The Bertz CT molecular complexity index is 1440. The number of amides is 2. The van der Waals surface area contributed by atoms with Gasteiger partial charge in [-0.25, -0.2) is 27.2 Å². The van der Waals surface area contributed by atoms with Crippen molar-refractivity contribution < 1.29 is 23.1 Å². The number of hydrazine groups is 1. The Morgan fingerprint density at radius 1 is 1.08 bits per heavy atom. The van der Waals surface area contributed by atoms with Crippen LogP contribution in [0.1, 0.15) is 58.4 Å². The normalized spacial score (nSPS) is 18.1. The van der Waals surface area contributed by atoms with Crippen LogP contribution in [0.25, 0.3) is 11.2 Å². The van der Waals surface area contributed by atoms with Crippen LogP contribution in [0.4, 0.5) is 10.6 Å². The highest BCUT2D eigenvalue weighted by Crippen LogP contribution is 2.32. The third kappa shape index (κ3) is 6.67. The van der Waals surface area contributed by atoms with E-state index in [1.165, 1.54) is 17.3 Å². The van der Waals surface area contributed by atoms with Crippen LogP contribution in [0.15, 0.2) is 47.6 Å². The number of hydrogen-bond donors (Lipinski definition) is 3. The largest absolute Gasteiger partial charge is 0.465 e. The van der Waals surface area contributed by atoms with Crippen molar-refractivity contribution in [3.05, 3.63) is 48.3 Å². The molecule has 1 fully saturated rings. The Labute approximate surface area is 228 Å². The number of hydrogen-bond acceptors (Lipinski definition) is 7. The fraction of sp³-hybridized carbons (Fsp3) is 0.481. The van der Waals surface area contributed by atoms with Gasteiger partial charge in [-0.3, -0.25) is 15.6 Å². The summed E-state index contributed by atoms with van der Waals surface area (Å²) < 4.78 is 27.2. The monoisotopic (exact) mass is 556 g/mol. The van der Waals surface area contributed by atoms with Gasteiger partial charge in [-0.15, -0.1) is 0 Å². The van der Waals surface area contributed by atoms with Gasteiger partial charge >= 0.3 is 6.09 Å². The number of nitrogens with zero attached hydrogens (tertiary/aromatic N) is 4.